The molecule has 0 saturated carbocycles. The maximum atomic E-state index is 11.9. The van der Waals surface area contributed by atoms with Gasteiger partial charge in [-0.3, -0.25) is 9.89 Å². The van der Waals surface area contributed by atoms with Gasteiger partial charge < -0.3 is 15.1 Å². The molecule has 7 nitrogen and oxygen atoms in total. The number of aliphatic hydroxyl groups is 1. The second-order valence-corrected chi connectivity index (χ2v) is 3.69. The Labute approximate surface area is 90.7 Å². The topological polar surface area (TPSA) is 107 Å². The van der Waals surface area contributed by atoms with Crippen molar-refractivity contribution < 1.29 is 19.8 Å². The number of β-amino-alcohol motifs (C(OH)–C–C–N with tert-alkyl or cyclic N) is 1. The van der Waals surface area contributed by atoms with Crippen LogP contribution in [0.3, 0.4) is 0 Å². The fourth-order valence-corrected chi connectivity index (χ4v) is 1.81. The van der Waals surface area contributed by atoms with E-state index in [1.807, 2.05) is 0 Å². The predicted molar refractivity (Wildman–Crippen MR) is 51.7 cm³/mol. The van der Waals surface area contributed by atoms with Crippen LogP contribution in [0.4, 0.5) is 0 Å². The van der Waals surface area contributed by atoms with E-state index in [1.165, 1.54) is 12.4 Å². The molecule has 0 bridgehead atoms. The van der Waals surface area contributed by atoms with E-state index < -0.39 is 24.0 Å². The number of hydrogen-bond donors (Lipinski definition) is 3. The number of carbonyl (C=O) groups is 2. The van der Waals surface area contributed by atoms with Gasteiger partial charge in [0.15, 0.2) is 0 Å². The number of likely N-dealkylation sites (tertiary alicyclic amines) is 1. The van der Waals surface area contributed by atoms with Crippen LogP contribution < -0.4 is 0 Å². The van der Waals surface area contributed by atoms with Crippen molar-refractivity contribution in [3.05, 3.63) is 18.0 Å². The van der Waals surface area contributed by atoms with Gasteiger partial charge >= 0.3 is 5.97 Å². The Kier molecular flexibility index (Phi) is 2.61. The number of amides is 1. The average molecular weight is 225 g/mol. The Morgan fingerprint density at radius 1 is 1.56 bits per heavy atom. The quantitative estimate of drug-likeness (QED) is 0.602. The van der Waals surface area contributed by atoms with Crippen molar-refractivity contribution in [1.82, 2.24) is 15.1 Å². The van der Waals surface area contributed by atoms with Crippen LogP contribution in [-0.2, 0) is 4.79 Å². The van der Waals surface area contributed by atoms with Crippen LogP contribution in [0, 0.1) is 0 Å². The lowest BCUT2D eigenvalue weighted by Crippen LogP contribution is -2.40. The molecular formula is C9H11N3O4. The molecule has 0 aromatic carbocycles. The number of aromatic amines is 1. The molecular weight excluding hydrogens is 214 g/mol. The summed E-state index contributed by atoms with van der Waals surface area (Å²) in [6, 6.07) is -0.961. The minimum atomic E-state index is -1.10. The van der Waals surface area contributed by atoms with Gasteiger partial charge in [0.25, 0.3) is 5.91 Å². The molecule has 2 atom stereocenters. The predicted octanol–water partition coefficient (Wildman–Crippen LogP) is -0.930. The SMILES string of the molecule is O=C(O)C1CC(O)CN1C(=O)c1cn[nH]c1. The Morgan fingerprint density at radius 3 is 2.88 bits per heavy atom. The highest BCUT2D eigenvalue weighted by molar-refractivity contribution is 5.96. The summed E-state index contributed by atoms with van der Waals surface area (Å²) in [6.45, 7) is 0.0426. The lowest BCUT2D eigenvalue weighted by Gasteiger charge is -2.20. The summed E-state index contributed by atoms with van der Waals surface area (Å²) in [5.41, 5.74) is 0.292. The van der Waals surface area contributed by atoms with E-state index in [-0.39, 0.29) is 13.0 Å². The van der Waals surface area contributed by atoms with Gasteiger partial charge in [0.05, 0.1) is 17.9 Å². The van der Waals surface area contributed by atoms with Crippen LogP contribution >= 0.6 is 0 Å². The molecule has 1 aliphatic heterocycles. The van der Waals surface area contributed by atoms with Crippen molar-refractivity contribution in [1.29, 1.82) is 0 Å². The fourth-order valence-electron chi connectivity index (χ4n) is 1.81. The van der Waals surface area contributed by atoms with Crippen LogP contribution in [0.1, 0.15) is 16.8 Å². The highest BCUT2D eigenvalue weighted by Gasteiger charge is 2.39. The third kappa shape index (κ3) is 1.76. The molecule has 1 amide bonds. The standard InChI is InChI=1S/C9H11N3O4/c13-6-1-7(9(15)16)12(4-6)8(14)5-2-10-11-3-5/h2-3,6-7,13H,1,4H2,(H,10,11)(H,15,16). The number of aliphatic hydroxyl groups excluding tert-OH is 1. The fraction of sp³-hybridized carbons (Fsp3) is 0.444. The van der Waals surface area contributed by atoms with Crippen LogP contribution in [0.15, 0.2) is 12.4 Å². The first-order chi connectivity index (χ1) is 7.59. The lowest BCUT2D eigenvalue weighted by atomic mass is 10.2. The molecule has 1 aromatic rings. The second kappa shape index (κ2) is 3.93. The summed E-state index contributed by atoms with van der Waals surface area (Å²) < 4.78 is 0. The number of nitrogens with one attached hydrogen (secondary N) is 1. The number of carbonyl (C=O) groups excluding carboxylic acids is 1. The summed E-state index contributed by atoms with van der Waals surface area (Å²) in [4.78, 5) is 23.9. The van der Waals surface area contributed by atoms with Crippen molar-refractivity contribution in [3.63, 3.8) is 0 Å². The molecule has 2 rings (SSSR count). The van der Waals surface area contributed by atoms with Crippen LogP contribution in [0.25, 0.3) is 0 Å². The first-order valence-electron chi connectivity index (χ1n) is 4.80. The number of nitrogens with zero attached hydrogens (tertiary/aromatic N) is 2. The molecule has 1 fully saturated rings. The van der Waals surface area contributed by atoms with Gasteiger partial charge in [-0.15, -0.1) is 0 Å². The van der Waals surface area contributed by atoms with E-state index in [2.05, 4.69) is 10.2 Å². The zero-order valence-electron chi connectivity index (χ0n) is 8.33. The van der Waals surface area contributed by atoms with Crippen molar-refractivity contribution in [3.8, 4) is 0 Å². The third-order valence-corrected chi connectivity index (χ3v) is 2.57. The van der Waals surface area contributed by atoms with E-state index >= 15 is 0 Å². The molecule has 0 aliphatic carbocycles. The first-order valence-corrected chi connectivity index (χ1v) is 4.80. The summed E-state index contributed by atoms with van der Waals surface area (Å²) in [7, 11) is 0. The molecule has 2 unspecified atom stereocenters. The molecule has 16 heavy (non-hydrogen) atoms. The van der Waals surface area contributed by atoms with Crippen LogP contribution in [0.5, 0.6) is 0 Å². The number of H-pyrrole nitrogens is 1. The van der Waals surface area contributed by atoms with Crippen LogP contribution in [-0.4, -0.2) is 55.9 Å². The molecule has 7 heteroatoms. The zero-order chi connectivity index (χ0) is 11.7. The minimum Gasteiger partial charge on any atom is -0.480 e. The van der Waals surface area contributed by atoms with Gasteiger partial charge in [-0.1, -0.05) is 0 Å². The van der Waals surface area contributed by atoms with E-state index in [1.54, 1.807) is 0 Å². The lowest BCUT2D eigenvalue weighted by molar-refractivity contribution is -0.141. The summed E-state index contributed by atoms with van der Waals surface area (Å²) in [5, 5.41) is 24.4. The van der Waals surface area contributed by atoms with E-state index in [4.69, 9.17) is 5.11 Å². The first kappa shape index (κ1) is 10.6. The smallest absolute Gasteiger partial charge is 0.326 e. The molecule has 1 aromatic heterocycles. The average Bonchev–Trinajstić information content (AvgIpc) is 2.84. The van der Waals surface area contributed by atoms with Crippen LogP contribution in [0.2, 0.25) is 0 Å². The molecule has 0 radical (unpaired) electrons. The monoisotopic (exact) mass is 225 g/mol. The van der Waals surface area contributed by atoms with Crippen molar-refractivity contribution in [2.24, 2.45) is 0 Å². The largest absolute Gasteiger partial charge is 0.480 e. The third-order valence-electron chi connectivity index (χ3n) is 2.57. The van der Waals surface area contributed by atoms with Crippen molar-refractivity contribution >= 4 is 11.9 Å². The van der Waals surface area contributed by atoms with Gasteiger partial charge in [0.2, 0.25) is 0 Å². The summed E-state index contributed by atoms with van der Waals surface area (Å²) >= 11 is 0. The zero-order valence-corrected chi connectivity index (χ0v) is 8.33. The molecule has 2 heterocycles. The van der Waals surface area contributed by atoms with Gasteiger partial charge in [-0.25, -0.2) is 4.79 Å². The number of carboxylic acids is 1. The van der Waals surface area contributed by atoms with E-state index in [9.17, 15) is 14.7 Å². The Balaban J connectivity index is 2.20. The Bertz CT molecular complexity index is 403. The number of aromatic nitrogens is 2. The number of carboxylic acid groups (broad SMARTS) is 1. The molecule has 3 N–H and O–H groups in total. The van der Waals surface area contributed by atoms with Gasteiger partial charge in [0, 0.05) is 19.2 Å². The molecule has 1 saturated heterocycles. The van der Waals surface area contributed by atoms with Crippen molar-refractivity contribution in [2.45, 2.75) is 18.6 Å². The molecule has 1 aliphatic rings. The highest BCUT2D eigenvalue weighted by Crippen LogP contribution is 2.20. The number of hydrogen-bond acceptors (Lipinski definition) is 4. The normalized spacial score (nSPS) is 24.7. The molecule has 86 valence electrons. The number of rotatable bonds is 2. The summed E-state index contributed by atoms with van der Waals surface area (Å²) in [6.07, 6.45) is 2.01. The maximum Gasteiger partial charge on any atom is 0.326 e. The van der Waals surface area contributed by atoms with Gasteiger partial charge in [-0.05, 0) is 0 Å². The summed E-state index contributed by atoms with van der Waals surface area (Å²) in [5.74, 6) is -1.54. The second-order valence-electron chi connectivity index (χ2n) is 3.69. The molecule has 0 spiro atoms. The highest BCUT2D eigenvalue weighted by atomic mass is 16.4. The maximum absolute atomic E-state index is 11.9. The Morgan fingerprint density at radius 2 is 2.31 bits per heavy atom. The minimum absolute atomic E-state index is 0.0426. The Hall–Kier alpha value is -1.89. The van der Waals surface area contributed by atoms with Crippen molar-refractivity contribution in [2.75, 3.05) is 6.54 Å². The number of aliphatic carboxylic acids is 1. The van der Waals surface area contributed by atoms with E-state index in [0.29, 0.717) is 5.56 Å². The van der Waals surface area contributed by atoms with Gasteiger partial charge in [0.1, 0.15) is 6.04 Å². The van der Waals surface area contributed by atoms with E-state index in [0.717, 1.165) is 4.90 Å². The van der Waals surface area contributed by atoms with Gasteiger partial charge in [-0.2, -0.15) is 5.10 Å².